The monoisotopic (exact) mass is 431 g/mol. The van der Waals surface area contributed by atoms with Crippen molar-refractivity contribution in [3.8, 4) is 0 Å². The van der Waals surface area contributed by atoms with Gasteiger partial charge in [0.15, 0.2) is 0 Å². The predicted octanol–water partition coefficient (Wildman–Crippen LogP) is 0.450. The van der Waals surface area contributed by atoms with Gasteiger partial charge in [-0.25, -0.2) is 9.59 Å². The third-order valence-electron chi connectivity index (χ3n) is 5.64. The molecular weight excluding hydrogens is 402 g/mol. The highest BCUT2D eigenvalue weighted by molar-refractivity contribution is 5.91. The Morgan fingerprint density at radius 1 is 1.26 bits per heavy atom. The quantitative estimate of drug-likeness (QED) is 0.549. The summed E-state index contributed by atoms with van der Waals surface area (Å²) in [5.74, 6) is 0.349. The Morgan fingerprint density at radius 2 is 2.06 bits per heavy atom. The largest absolute Gasteiger partial charge is 0.496 e. The minimum Gasteiger partial charge on any atom is -0.496 e. The van der Waals surface area contributed by atoms with Crippen LogP contribution in [-0.4, -0.2) is 63.0 Å². The third kappa shape index (κ3) is 4.70. The summed E-state index contributed by atoms with van der Waals surface area (Å²) in [6.45, 7) is 8.63. The average Bonchev–Trinajstić information content (AvgIpc) is 3.19. The van der Waals surface area contributed by atoms with E-state index in [2.05, 4.69) is 11.8 Å². The van der Waals surface area contributed by atoms with Crippen molar-refractivity contribution in [2.75, 3.05) is 46.1 Å². The molecule has 2 aliphatic heterocycles. The van der Waals surface area contributed by atoms with Gasteiger partial charge in [0.2, 0.25) is 5.76 Å². The Bertz CT molecular complexity index is 1030. The topological polar surface area (TPSA) is 87.4 Å². The van der Waals surface area contributed by atoms with Crippen molar-refractivity contribution in [3.05, 3.63) is 44.5 Å². The lowest BCUT2D eigenvalue weighted by atomic mass is 9.96. The molecule has 0 aromatic carbocycles. The molecule has 0 saturated carbocycles. The Hall–Kier alpha value is -2.58. The lowest BCUT2D eigenvalue weighted by molar-refractivity contribution is -0.142. The number of carbonyl (C=O) groups is 1. The molecule has 0 radical (unpaired) electrons. The SMILES string of the molecule is CCCc1cc(=O)oc2c1=C(OCCN1CCOCC1)CC1OC(C(=O)OCC)=CC=21. The molecule has 1 aromatic heterocycles. The van der Waals surface area contributed by atoms with Crippen LogP contribution in [0, 0.1) is 0 Å². The van der Waals surface area contributed by atoms with Crippen LogP contribution in [0.1, 0.15) is 32.3 Å². The molecule has 8 nitrogen and oxygen atoms in total. The molecule has 0 spiro atoms. The Balaban J connectivity index is 1.71. The van der Waals surface area contributed by atoms with Crippen LogP contribution in [-0.2, 0) is 30.2 Å². The second-order valence-corrected chi connectivity index (χ2v) is 7.77. The van der Waals surface area contributed by atoms with Gasteiger partial charge in [-0.3, -0.25) is 4.90 Å². The molecule has 1 atom stereocenters. The van der Waals surface area contributed by atoms with E-state index in [0.29, 0.717) is 24.0 Å². The Kier molecular flexibility index (Phi) is 6.77. The molecule has 31 heavy (non-hydrogen) atoms. The Labute approximate surface area is 180 Å². The highest BCUT2D eigenvalue weighted by Gasteiger charge is 2.34. The molecule has 1 aromatic rings. The van der Waals surface area contributed by atoms with Crippen molar-refractivity contribution in [1.29, 1.82) is 0 Å². The molecule has 0 N–H and O–H groups in total. The molecule has 1 saturated heterocycles. The van der Waals surface area contributed by atoms with Crippen molar-refractivity contribution >= 4 is 17.3 Å². The minimum absolute atomic E-state index is 0.130. The molecular formula is C23H29NO7. The van der Waals surface area contributed by atoms with E-state index < -0.39 is 17.7 Å². The van der Waals surface area contributed by atoms with Gasteiger partial charge in [0.1, 0.15) is 23.9 Å². The highest BCUT2D eigenvalue weighted by Crippen LogP contribution is 2.30. The van der Waals surface area contributed by atoms with E-state index in [1.54, 1.807) is 19.1 Å². The first-order chi connectivity index (χ1) is 15.1. The second-order valence-electron chi connectivity index (χ2n) is 7.77. The number of nitrogens with zero attached hydrogens (tertiary/aromatic N) is 1. The van der Waals surface area contributed by atoms with E-state index in [9.17, 15) is 9.59 Å². The number of carbonyl (C=O) groups excluding carboxylic acids is 1. The maximum absolute atomic E-state index is 12.3. The summed E-state index contributed by atoms with van der Waals surface area (Å²) in [5, 5.41) is 0.819. The van der Waals surface area contributed by atoms with Gasteiger partial charge in [0.25, 0.3) is 0 Å². The van der Waals surface area contributed by atoms with Gasteiger partial charge >= 0.3 is 11.6 Å². The van der Waals surface area contributed by atoms with E-state index in [0.717, 1.165) is 62.2 Å². The maximum Gasteiger partial charge on any atom is 0.373 e. The van der Waals surface area contributed by atoms with Gasteiger partial charge in [-0.2, -0.15) is 0 Å². The van der Waals surface area contributed by atoms with Crippen molar-refractivity contribution in [3.63, 3.8) is 0 Å². The number of ether oxygens (including phenoxy) is 4. The zero-order valence-electron chi connectivity index (χ0n) is 18.1. The van der Waals surface area contributed by atoms with Crippen LogP contribution < -0.4 is 16.3 Å². The van der Waals surface area contributed by atoms with Gasteiger partial charge in [-0.1, -0.05) is 13.3 Å². The molecule has 3 aliphatic rings. The number of hydrogen-bond donors (Lipinski definition) is 0. The van der Waals surface area contributed by atoms with E-state index >= 15 is 0 Å². The van der Waals surface area contributed by atoms with Crippen LogP contribution in [0.15, 0.2) is 27.1 Å². The van der Waals surface area contributed by atoms with Crippen LogP contribution in [0.25, 0.3) is 11.3 Å². The molecule has 1 fully saturated rings. The van der Waals surface area contributed by atoms with Crippen molar-refractivity contribution in [1.82, 2.24) is 4.90 Å². The number of fused-ring (bicyclic) bond motifs is 2. The first-order valence-electron chi connectivity index (χ1n) is 11.0. The first kappa shape index (κ1) is 21.6. The summed E-state index contributed by atoms with van der Waals surface area (Å²) in [6.07, 6.45) is 3.28. The first-order valence-corrected chi connectivity index (χ1v) is 11.0. The zero-order valence-corrected chi connectivity index (χ0v) is 18.1. The van der Waals surface area contributed by atoms with Crippen molar-refractivity contribution in [2.24, 2.45) is 0 Å². The number of aryl methyl sites for hydroxylation is 1. The van der Waals surface area contributed by atoms with Gasteiger partial charge in [-0.15, -0.1) is 0 Å². The molecule has 1 aliphatic carbocycles. The van der Waals surface area contributed by atoms with Gasteiger partial charge in [-0.05, 0) is 25.0 Å². The summed E-state index contributed by atoms with van der Waals surface area (Å²) in [6, 6.07) is 1.54. The summed E-state index contributed by atoms with van der Waals surface area (Å²) in [5.41, 5.74) is 1.61. The van der Waals surface area contributed by atoms with E-state index in [-0.39, 0.29) is 12.4 Å². The minimum atomic E-state index is -0.521. The lowest BCUT2D eigenvalue weighted by Crippen LogP contribution is -2.43. The van der Waals surface area contributed by atoms with Crippen LogP contribution in [0.4, 0.5) is 0 Å². The molecule has 0 bridgehead atoms. The third-order valence-corrected chi connectivity index (χ3v) is 5.64. The predicted molar refractivity (Wildman–Crippen MR) is 112 cm³/mol. The molecule has 1 unspecified atom stereocenters. The molecule has 3 heterocycles. The second kappa shape index (κ2) is 9.70. The fraction of sp³-hybridized carbons (Fsp3) is 0.565. The molecule has 8 heteroatoms. The van der Waals surface area contributed by atoms with Crippen LogP contribution in [0.3, 0.4) is 0 Å². The fourth-order valence-corrected chi connectivity index (χ4v) is 4.20. The van der Waals surface area contributed by atoms with Gasteiger partial charge < -0.3 is 23.4 Å². The van der Waals surface area contributed by atoms with Crippen molar-refractivity contribution in [2.45, 2.75) is 39.2 Å². The zero-order chi connectivity index (χ0) is 21.8. The highest BCUT2D eigenvalue weighted by atomic mass is 16.6. The summed E-state index contributed by atoms with van der Waals surface area (Å²) >= 11 is 0. The summed E-state index contributed by atoms with van der Waals surface area (Å²) in [4.78, 5) is 26.8. The van der Waals surface area contributed by atoms with Crippen LogP contribution in [0.5, 0.6) is 0 Å². The van der Waals surface area contributed by atoms with E-state index in [4.69, 9.17) is 23.4 Å². The van der Waals surface area contributed by atoms with Gasteiger partial charge in [0, 0.05) is 37.7 Å². The number of morpholine rings is 1. The average molecular weight is 431 g/mol. The Morgan fingerprint density at radius 3 is 2.81 bits per heavy atom. The summed E-state index contributed by atoms with van der Waals surface area (Å²) in [7, 11) is 0. The smallest absolute Gasteiger partial charge is 0.373 e. The number of rotatable bonds is 8. The van der Waals surface area contributed by atoms with E-state index in [1.807, 2.05) is 0 Å². The lowest BCUT2D eigenvalue weighted by Gasteiger charge is -2.27. The van der Waals surface area contributed by atoms with Crippen LogP contribution >= 0.6 is 0 Å². The van der Waals surface area contributed by atoms with Gasteiger partial charge in [0.05, 0.1) is 25.0 Å². The molecule has 4 rings (SSSR count). The standard InChI is InChI=1S/C23H29NO7/c1-3-5-15-12-20(25)31-22-16-13-19(23(26)28-4-2)30-17(16)14-18(21(15)22)29-11-8-24-6-9-27-10-7-24/h12-13,17H,3-11,14H2,1-2H3. The fourth-order valence-electron chi connectivity index (χ4n) is 4.20. The molecule has 168 valence electrons. The normalized spacial score (nSPS) is 20.6. The number of hydrogen-bond acceptors (Lipinski definition) is 8. The maximum atomic E-state index is 12.3. The van der Waals surface area contributed by atoms with E-state index in [1.165, 1.54) is 0 Å². The van der Waals surface area contributed by atoms with Crippen molar-refractivity contribution < 1.29 is 28.2 Å². The van der Waals surface area contributed by atoms with Crippen LogP contribution in [0.2, 0.25) is 0 Å². The summed E-state index contributed by atoms with van der Waals surface area (Å²) < 4.78 is 28.2. The molecule has 0 amide bonds. The number of esters is 1.